The molecular formula is C34H41N3O2. The molecule has 2 heterocycles. The lowest BCUT2D eigenvalue weighted by atomic mass is 9.90. The molecule has 0 unspecified atom stereocenters. The second-order valence-electron chi connectivity index (χ2n) is 10.7. The maximum atomic E-state index is 12.5. The Hall–Kier alpha value is -3.57. The SMILES string of the molecule is O=C(NCCCCN1C=CCC1)c1ccc(OC2CCN(CC(c3ccccc3)c3ccccc3)CC2)cc1. The summed E-state index contributed by atoms with van der Waals surface area (Å²) in [7, 11) is 0. The van der Waals surface area contributed by atoms with Gasteiger partial charge in [0.15, 0.2) is 0 Å². The Balaban J connectivity index is 1.05. The molecule has 0 atom stereocenters. The van der Waals surface area contributed by atoms with Gasteiger partial charge in [-0.25, -0.2) is 0 Å². The van der Waals surface area contributed by atoms with Gasteiger partial charge in [-0.05, 0) is 73.7 Å². The molecular weight excluding hydrogens is 482 g/mol. The summed E-state index contributed by atoms with van der Waals surface area (Å²) in [5.41, 5.74) is 3.42. The number of unbranched alkanes of at least 4 members (excludes halogenated alkanes) is 1. The van der Waals surface area contributed by atoms with E-state index in [0.29, 0.717) is 18.0 Å². The van der Waals surface area contributed by atoms with Crippen LogP contribution in [0.1, 0.15) is 59.5 Å². The Morgan fingerprint density at radius 3 is 2.13 bits per heavy atom. The molecule has 0 aliphatic carbocycles. The maximum Gasteiger partial charge on any atom is 0.251 e. The van der Waals surface area contributed by atoms with Crippen molar-refractivity contribution in [1.29, 1.82) is 0 Å². The number of nitrogens with zero attached hydrogens (tertiary/aromatic N) is 2. The molecule has 2 aliphatic heterocycles. The van der Waals surface area contributed by atoms with Gasteiger partial charge in [-0.2, -0.15) is 0 Å². The fourth-order valence-corrected chi connectivity index (χ4v) is 5.59. The minimum absolute atomic E-state index is 0.0117. The van der Waals surface area contributed by atoms with Crippen LogP contribution in [-0.2, 0) is 0 Å². The number of carbonyl (C=O) groups excluding carboxylic acids is 1. The van der Waals surface area contributed by atoms with E-state index >= 15 is 0 Å². The molecule has 5 nitrogen and oxygen atoms in total. The van der Waals surface area contributed by atoms with Crippen LogP contribution in [0.2, 0.25) is 0 Å². The molecule has 1 saturated heterocycles. The number of ether oxygens (including phenoxy) is 1. The number of nitrogens with one attached hydrogen (secondary N) is 1. The molecule has 1 amide bonds. The normalized spacial score (nSPS) is 16.1. The van der Waals surface area contributed by atoms with Crippen LogP contribution in [0.4, 0.5) is 0 Å². The molecule has 0 spiro atoms. The second-order valence-corrected chi connectivity index (χ2v) is 10.7. The second kappa shape index (κ2) is 14.0. The number of hydrogen-bond acceptors (Lipinski definition) is 4. The summed E-state index contributed by atoms with van der Waals surface area (Å²) in [5, 5.41) is 3.05. The Morgan fingerprint density at radius 1 is 0.846 bits per heavy atom. The number of carbonyl (C=O) groups is 1. The summed E-state index contributed by atoms with van der Waals surface area (Å²) in [4.78, 5) is 17.4. The fourth-order valence-electron chi connectivity index (χ4n) is 5.59. The standard InChI is InChI=1S/C34H41N3O2/c38-34(35-21-7-8-22-36-23-9-10-24-36)30-15-17-31(18-16-30)39-32-19-25-37(26-20-32)27-33(28-11-3-1-4-12-28)29-13-5-2-6-14-29/h1-6,9,11-18,23,32-33H,7-8,10,19-22,24-27H2,(H,35,38). The Bertz CT molecular complexity index is 1130. The van der Waals surface area contributed by atoms with E-state index in [-0.39, 0.29) is 12.0 Å². The molecule has 5 rings (SSSR count). The van der Waals surface area contributed by atoms with Gasteiger partial charge in [0.1, 0.15) is 11.9 Å². The van der Waals surface area contributed by atoms with E-state index in [9.17, 15) is 4.79 Å². The highest BCUT2D eigenvalue weighted by molar-refractivity contribution is 5.94. The number of likely N-dealkylation sites (tertiary alicyclic amines) is 1. The minimum atomic E-state index is -0.0117. The third kappa shape index (κ3) is 7.96. The summed E-state index contributed by atoms with van der Waals surface area (Å²) >= 11 is 0. The topological polar surface area (TPSA) is 44.8 Å². The predicted molar refractivity (Wildman–Crippen MR) is 158 cm³/mol. The zero-order valence-electron chi connectivity index (χ0n) is 22.9. The van der Waals surface area contributed by atoms with Crippen LogP contribution < -0.4 is 10.1 Å². The molecule has 5 heteroatoms. The Labute approximate surface area is 233 Å². The van der Waals surface area contributed by atoms with E-state index in [0.717, 1.165) is 70.6 Å². The van der Waals surface area contributed by atoms with Gasteiger partial charge in [0.2, 0.25) is 0 Å². The van der Waals surface area contributed by atoms with Crippen molar-refractivity contribution in [2.45, 2.75) is 44.1 Å². The van der Waals surface area contributed by atoms with Crippen molar-refractivity contribution in [3.8, 4) is 5.75 Å². The predicted octanol–water partition coefficient (Wildman–Crippen LogP) is 6.09. The maximum absolute atomic E-state index is 12.5. The molecule has 1 fully saturated rings. The molecule has 204 valence electrons. The van der Waals surface area contributed by atoms with E-state index in [1.165, 1.54) is 11.1 Å². The van der Waals surface area contributed by atoms with Gasteiger partial charge in [0.05, 0.1) is 0 Å². The van der Waals surface area contributed by atoms with Gasteiger partial charge in [-0.15, -0.1) is 0 Å². The van der Waals surface area contributed by atoms with Crippen LogP contribution in [-0.4, -0.2) is 61.1 Å². The smallest absolute Gasteiger partial charge is 0.251 e. The minimum Gasteiger partial charge on any atom is -0.490 e. The van der Waals surface area contributed by atoms with Crippen molar-refractivity contribution >= 4 is 5.91 Å². The van der Waals surface area contributed by atoms with Crippen LogP contribution in [0.25, 0.3) is 0 Å². The molecule has 0 aromatic heterocycles. The first-order valence-corrected chi connectivity index (χ1v) is 14.5. The number of piperidine rings is 1. The summed E-state index contributed by atoms with van der Waals surface area (Å²) in [6, 6.07) is 29.3. The molecule has 1 N–H and O–H groups in total. The lowest BCUT2D eigenvalue weighted by Crippen LogP contribution is -2.40. The van der Waals surface area contributed by atoms with Crippen LogP contribution in [0.5, 0.6) is 5.75 Å². The van der Waals surface area contributed by atoms with Gasteiger partial charge in [-0.3, -0.25) is 4.79 Å². The van der Waals surface area contributed by atoms with E-state index < -0.39 is 0 Å². The summed E-state index contributed by atoms with van der Waals surface area (Å²) in [6.45, 7) is 5.97. The van der Waals surface area contributed by atoms with E-state index in [1.807, 2.05) is 24.3 Å². The number of benzene rings is 3. The first-order chi connectivity index (χ1) is 19.2. The quantitative estimate of drug-likeness (QED) is 0.292. The van der Waals surface area contributed by atoms with Gasteiger partial charge in [0, 0.05) is 50.7 Å². The van der Waals surface area contributed by atoms with E-state index in [4.69, 9.17) is 4.74 Å². The van der Waals surface area contributed by atoms with Crippen molar-refractivity contribution in [2.24, 2.45) is 0 Å². The van der Waals surface area contributed by atoms with Gasteiger partial charge >= 0.3 is 0 Å². The van der Waals surface area contributed by atoms with Crippen molar-refractivity contribution < 1.29 is 9.53 Å². The molecule has 0 bridgehead atoms. The molecule has 3 aromatic rings. The summed E-state index contributed by atoms with van der Waals surface area (Å²) in [6.07, 6.45) is 9.85. The van der Waals surface area contributed by atoms with Crippen LogP contribution in [0.15, 0.2) is 97.2 Å². The zero-order valence-corrected chi connectivity index (χ0v) is 22.9. The monoisotopic (exact) mass is 523 g/mol. The Kier molecular flexibility index (Phi) is 9.70. The number of amides is 1. The zero-order chi connectivity index (χ0) is 26.7. The van der Waals surface area contributed by atoms with Gasteiger partial charge < -0.3 is 19.9 Å². The average molecular weight is 524 g/mol. The largest absolute Gasteiger partial charge is 0.490 e. The first kappa shape index (κ1) is 27.0. The number of rotatable bonds is 12. The highest BCUT2D eigenvalue weighted by Crippen LogP contribution is 2.28. The molecule has 0 saturated carbocycles. The third-order valence-corrected chi connectivity index (χ3v) is 7.86. The fraction of sp³-hybridized carbons (Fsp3) is 0.382. The highest BCUT2D eigenvalue weighted by atomic mass is 16.5. The number of hydrogen-bond donors (Lipinski definition) is 1. The summed E-state index contributed by atoms with van der Waals surface area (Å²) < 4.78 is 6.31. The Morgan fingerprint density at radius 2 is 1.51 bits per heavy atom. The highest BCUT2D eigenvalue weighted by Gasteiger charge is 2.24. The van der Waals surface area contributed by atoms with Crippen molar-refractivity contribution in [3.63, 3.8) is 0 Å². The van der Waals surface area contributed by atoms with E-state index in [2.05, 4.69) is 88.1 Å². The molecule has 0 radical (unpaired) electrons. The molecule has 2 aliphatic rings. The van der Waals surface area contributed by atoms with Gasteiger partial charge in [0.25, 0.3) is 5.91 Å². The van der Waals surface area contributed by atoms with Crippen LogP contribution in [0, 0.1) is 0 Å². The molecule has 3 aromatic carbocycles. The first-order valence-electron chi connectivity index (χ1n) is 14.5. The van der Waals surface area contributed by atoms with E-state index in [1.54, 1.807) is 0 Å². The van der Waals surface area contributed by atoms with Crippen LogP contribution in [0.3, 0.4) is 0 Å². The summed E-state index contributed by atoms with van der Waals surface area (Å²) in [5.74, 6) is 1.20. The van der Waals surface area contributed by atoms with Crippen molar-refractivity contribution in [1.82, 2.24) is 15.1 Å². The lowest BCUT2D eigenvalue weighted by molar-refractivity contribution is 0.0951. The van der Waals surface area contributed by atoms with Crippen molar-refractivity contribution in [3.05, 3.63) is 114 Å². The average Bonchev–Trinajstić information content (AvgIpc) is 3.51. The lowest BCUT2D eigenvalue weighted by Gasteiger charge is -2.34. The molecule has 39 heavy (non-hydrogen) atoms. The third-order valence-electron chi connectivity index (χ3n) is 7.86. The van der Waals surface area contributed by atoms with Crippen LogP contribution >= 0.6 is 0 Å². The van der Waals surface area contributed by atoms with Gasteiger partial charge in [-0.1, -0.05) is 66.7 Å². The van der Waals surface area contributed by atoms with Crippen molar-refractivity contribution in [2.75, 3.05) is 39.3 Å².